The second-order valence-electron chi connectivity index (χ2n) is 5.49. The van der Waals surface area contributed by atoms with E-state index in [1.807, 2.05) is 11.8 Å². The summed E-state index contributed by atoms with van der Waals surface area (Å²) in [6.07, 6.45) is 3.16. The van der Waals surface area contributed by atoms with Crippen molar-refractivity contribution in [3.63, 3.8) is 0 Å². The van der Waals surface area contributed by atoms with E-state index < -0.39 is 0 Å². The average molecular weight is 227 g/mol. The van der Waals surface area contributed by atoms with Gasteiger partial charge in [0, 0.05) is 19.6 Å². The molecule has 0 saturated carbocycles. The molecule has 3 N–H and O–H groups in total. The highest BCUT2D eigenvalue weighted by Gasteiger charge is 2.28. The van der Waals surface area contributed by atoms with E-state index >= 15 is 0 Å². The smallest absolute Gasteiger partial charge is 0.317 e. The van der Waals surface area contributed by atoms with Gasteiger partial charge in [-0.1, -0.05) is 13.8 Å². The third kappa shape index (κ3) is 3.67. The van der Waals surface area contributed by atoms with E-state index in [4.69, 9.17) is 5.73 Å². The van der Waals surface area contributed by atoms with Crippen LogP contribution in [0.5, 0.6) is 0 Å². The van der Waals surface area contributed by atoms with Gasteiger partial charge in [0.05, 0.1) is 5.54 Å². The maximum Gasteiger partial charge on any atom is 0.317 e. The summed E-state index contributed by atoms with van der Waals surface area (Å²) in [5.41, 5.74) is 5.50. The monoisotopic (exact) mass is 227 g/mol. The van der Waals surface area contributed by atoms with E-state index in [0.29, 0.717) is 12.5 Å². The van der Waals surface area contributed by atoms with Gasteiger partial charge >= 0.3 is 6.03 Å². The van der Waals surface area contributed by atoms with Gasteiger partial charge in [-0.2, -0.15) is 0 Å². The normalized spacial score (nSPS) is 19.9. The molecule has 1 fully saturated rings. The minimum Gasteiger partial charge on any atom is -0.332 e. The Balaban J connectivity index is 2.50. The Kier molecular flexibility index (Phi) is 4.59. The van der Waals surface area contributed by atoms with Gasteiger partial charge < -0.3 is 16.0 Å². The average Bonchev–Trinajstić information content (AvgIpc) is 2.69. The first-order valence-electron chi connectivity index (χ1n) is 6.24. The predicted molar refractivity (Wildman–Crippen MR) is 66.3 cm³/mol. The fourth-order valence-corrected chi connectivity index (χ4v) is 2.34. The van der Waals surface area contributed by atoms with Gasteiger partial charge in [0.25, 0.3) is 0 Å². The quantitative estimate of drug-likeness (QED) is 0.765. The molecule has 4 nitrogen and oxygen atoms in total. The Morgan fingerprint density at radius 3 is 2.44 bits per heavy atom. The maximum atomic E-state index is 12.0. The van der Waals surface area contributed by atoms with Crippen LogP contribution in [0.15, 0.2) is 0 Å². The van der Waals surface area contributed by atoms with Crippen LogP contribution in [0.2, 0.25) is 0 Å². The number of nitrogens with one attached hydrogen (secondary N) is 1. The van der Waals surface area contributed by atoms with Crippen molar-refractivity contribution in [2.24, 2.45) is 11.7 Å². The Hall–Kier alpha value is -0.770. The molecule has 0 spiro atoms. The minimum absolute atomic E-state index is 0.0473. The van der Waals surface area contributed by atoms with Crippen molar-refractivity contribution in [2.75, 3.05) is 19.6 Å². The summed E-state index contributed by atoms with van der Waals surface area (Å²) >= 11 is 0. The van der Waals surface area contributed by atoms with E-state index in [1.165, 1.54) is 0 Å². The molecule has 0 aromatic rings. The fraction of sp³-hybridized carbons (Fsp3) is 0.917. The highest BCUT2D eigenvalue weighted by molar-refractivity contribution is 5.75. The predicted octanol–water partition coefficient (Wildman–Crippen LogP) is 1.56. The molecule has 1 heterocycles. The van der Waals surface area contributed by atoms with Crippen LogP contribution in [0, 0.1) is 5.92 Å². The number of likely N-dealkylation sites (tertiary alicyclic amines) is 1. The molecule has 1 atom stereocenters. The van der Waals surface area contributed by atoms with Crippen molar-refractivity contribution in [3.05, 3.63) is 0 Å². The molecule has 1 aliphatic heterocycles. The van der Waals surface area contributed by atoms with Crippen LogP contribution in [-0.2, 0) is 0 Å². The topological polar surface area (TPSA) is 58.4 Å². The molecule has 4 heteroatoms. The molecule has 16 heavy (non-hydrogen) atoms. The van der Waals surface area contributed by atoms with Crippen LogP contribution in [0.3, 0.4) is 0 Å². The minimum atomic E-state index is -0.270. The van der Waals surface area contributed by atoms with Crippen molar-refractivity contribution in [1.82, 2.24) is 10.2 Å². The zero-order chi connectivity index (χ0) is 12.2. The molecule has 94 valence electrons. The van der Waals surface area contributed by atoms with Crippen LogP contribution in [0.1, 0.15) is 40.0 Å². The van der Waals surface area contributed by atoms with Gasteiger partial charge in [0.1, 0.15) is 0 Å². The first kappa shape index (κ1) is 13.3. The SMILES string of the molecule is CC(C)CC(C)(CN)NC(=O)N1CCCC1. The van der Waals surface area contributed by atoms with Crippen LogP contribution < -0.4 is 11.1 Å². The van der Waals surface area contributed by atoms with Gasteiger partial charge in [-0.05, 0) is 32.1 Å². The summed E-state index contributed by atoms with van der Waals surface area (Å²) in [6, 6.07) is 0.0473. The lowest BCUT2D eigenvalue weighted by molar-refractivity contribution is 0.190. The van der Waals surface area contributed by atoms with Gasteiger partial charge in [-0.25, -0.2) is 4.79 Å². The number of hydrogen-bond donors (Lipinski definition) is 2. The summed E-state index contributed by atoms with van der Waals surface area (Å²) in [4.78, 5) is 13.8. The molecule has 1 aliphatic rings. The number of carbonyl (C=O) groups is 1. The van der Waals surface area contributed by atoms with Crippen molar-refractivity contribution in [1.29, 1.82) is 0 Å². The van der Waals surface area contributed by atoms with Crippen molar-refractivity contribution < 1.29 is 4.79 Å². The fourth-order valence-electron chi connectivity index (χ4n) is 2.34. The number of carbonyl (C=O) groups excluding carboxylic acids is 1. The third-order valence-corrected chi connectivity index (χ3v) is 3.11. The summed E-state index contributed by atoms with van der Waals surface area (Å²) in [7, 11) is 0. The Labute approximate surface area is 98.6 Å². The van der Waals surface area contributed by atoms with E-state index in [2.05, 4.69) is 19.2 Å². The Morgan fingerprint density at radius 1 is 1.44 bits per heavy atom. The molecule has 0 radical (unpaired) electrons. The lowest BCUT2D eigenvalue weighted by Gasteiger charge is -2.33. The lowest BCUT2D eigenvalue weighted by Crippen LogP contribution is -2.55. The van der Waals surface area contributed by atoms with Gasteiger partial charge in [0.15, 0.2) is 0 Å². The standard InChI is InChI=1S/C12H25N3O/c1-10(2)8-12(3,9-13)14-11(16)15-6-4-5-7-15/h10H,4-9,13H2,1-3H3,(H,14,16). The zero-order valence-electron chi connectivity index (χ0n) is 10.8. The highest BCUT2D eigenvalue weighted by Crippen LogP contribution is 2.16. The van der Waals surface area contributed by atoms with E-state index in [9.17, 15) is 4.79 Å². The number of nitrogens with zero attached hydrogens (tertiary/aromatic N) is 1. The van der Waals surface area contributed by atoms with Crippen molar-refractivity contribution in [3.8, 4) is 0 Å². The molecular weight excluding hydrogens is 202 g/mol. The van der Waals surface area contributed by atoms with Gasteiger partial charge in [0.2, 0.25) is 0 Å². The van der Waals surface area contributed by atoms with E-state index in [1.54, 1.807) is 0 Å². The molecule has 0 aromatic heterocycles. The zero-order valence-corrected chi connectivity index (χ0v) is 10.8. The van der Waals surface area contributed by atoms with Crippen LogP contribution in [0.25, 0.3) is 0 Å². The maximum absolute atomic E-state index is 12.0. The molecular formula is C12H25N3O. The second kappa shape index (κ2) is 5.53. The van der Waals surface area contributed by atoms with E-state index in [-0.39, 0.29) is 11.6 Å². The Bertz CT molecular complexity index is 236. The number of hydrogen-bond acceptors (Lipinski definition) is 2. The molecule has 0 aromatic carbocycles. The number of nitrogens with two attached hydrogens (primary N) is 1. The van der Waals surface area contributed by atoms with E-state index in [0.717, 1.165) is 32.4 Å². The second-order valence-corrected chi connectivity index (χ2v) is 5.49. The third-order valence-electron chi connectivity index (χ3n) is 3.11. The molecule has 0 aliphatic carbocycles. The first-order chi connectivity index (χ1) is 7.47. The summed E-state index contributed by atoms with van der Waals surface area (Å²) in [5.74, 6) is 0.535. The summed E-state index contributed by atoms with van der Waals surface area (Å²) in [5, 5.41) is 3.08. The largest absolute Gasteiger partial charge is 0.332 e. The van der Waals surface area contributed by atoms with Crippen molar-refractivity contribution in [2.45, 2.75) is 45.6 Å². The molecule has 2 amide bonds. The van der Waals surface area contributed by atoms with Gasteiger partial charge in [-0.3, -0.25) is 0 Å². The molecule has 1 unspecified atom stereocenters. The van der Waals surface area contributed by atoms with Gasteiger partial charge in [-0.15, -0.1) is 0 Å². The highest BCUT2D eigenvalue weighted by atomic mass is 16.2. The summed E-state index contributed by atoms with van der Waals surface area (Å²) < 4.78 is 0. The van der Waals surface area contributed by atoms with Crippen LogP contribution >= 0.6 is 0 Å². The first-order valence-corrected chi connectivity index (χ1v) is 6.24. The Morgan fingerprint density at radius 2 is 2.00 bits per heavy atom. The van der Waals surface area contributed by atoms with Crippen LogP contribution in [-0.4, -0.2) is 36.1 Å². The molecule has 1 rings (SSSR count). The lowest BCUT2D eigenvalue weighted by atomic mass is 9.91. The summed E-state index contributed by atoms with van der Waals surface area (Å²) in [6.45, 7) is 8.58. The molecule has 0 bridgehead atoms. The van der Waals surface area contributed by atoms with Crippen LogP contribution in [0.4, 0.5) is 4.79 Å². The molecule has 1 saturated heterocycles. The van der Waals surface area contributed by atoms with Crippen molar-refractivity contribution >= 4 is 6.03 Å². The number of urea groups is 1. The number of rotatable bonds is 4. The number of amides is 2.